The Labute approximate surface area is 132 Å². The van der Waals surface area contributed by atoms with Gasteiger partial charge in [0.05, 0.1) is 0 Å². The van der Waals surface area contributed by atoms with Crippen LogP contribution in [-0.4, -0.2) is 6.04 Å². The zero-order chi connectivity index (χ0) is 12.8. The van der Waals surface area contributed by atoms with Crippen molar-refractivity contribution in [3.8, 4) is 0 Å². The van der Waals surface area contributed by atoms with Gasteiger partial charge in [-0.2, -0.15) is 0 Å². The predicted molar refractivity (Wildman–Crippen MR) is 86.4 cm³/mol. The molecule has 1 aromatic rings. The number of nitrogens with one attached hydrogen (secondary N) is 1. The second-order valence-corrected chi connectivity index (χ2v) is 7.21. The molecule has 0 radical (unpaired) electrons. The van der Waals surface area contributed by atoms with Gasteiger partial charge in [-0.3, -0.25) is 0 Å². The number of fused-ring (bicyclic) bond motifs is 5. The monoisotopic (exact) mass is 311 g/mol. The van der Waals surface area contributed by atoms with E-state index in [4.69, 9.17) is 11.6 Å². The molecular formula is C17H23Cl2N. The van der Waals surface area contributed by atoms with E-state index in [2.05, 4.69) is 17.4 Å². The van der Waals surface area contributed by atoms with Gasteiger partial charge in [0.2, 0.25) is 0 Å². The molecule has 0 amide bonds. The molecule has 3 aliphatic rings. The number of benzene rings is 1. The van der Waals surface area contributed by atoms with Crippen LogP contribution < -0.4 is 5.32 Å². The maximum Gasteiger partial charge on any atom is 0.0409 e. The molecule has 3 aliphatic carbocycles. The zero-order valence-electron chi connectivity index (χ0n) is 11.7. The van der Waals surface area contributed by atoms with Crippen LogP contribution in [0.15, 0.2) is 24.3 Å². The maximum atomic E-state index is 6.05. The van der Waals surface area contributed by atoms with Crippen LogP contribution in [0.4, 0.5) is 0 Å². The van der Waals surface area contributed by atoms with Gasteiger partial charge in [-0.15, -0.1) is 12.4 Å². The van der Waals surface area contributed by atoms with Crippen molar-refractivity contribution >= 4 is 24.0 Å². The van der Waals surface area contributed by atoms with Crippen LogP contribution >= 0.6 is 24.0 Å². The molecule has 0 saturated heterocycles. The van der Waals surface area contributed by atoms with E-state index in [0.717, 1.165) is 41.3 Å². The lowest BCUT2D eigenvalue weighted by Crippen LogP contribution is -2.38. The van der Waals surface area contributed by atoms with Gasteiger partial charge >= 0.3 is 0 Å². The summed E-state index contributed by atoms with van der Waals surface area (Å²) in [4.78, 5) is 0. The van der Waals surface area contributed by atoms with Crippen molar-refractivity contribution in [1.29, 1.82) is 0 Å². The second-order valence-electron chi connectivity index (χ2n) is 6.77. The van der Waals surface area contributed by atoms with E-state index in [1.165, 1.54) is 37.7 Å². The first kappa shape index (κ1) is 14.7. The van der Waals surface area contributed by atoms with Crippen LogP contribution in [-0.2, 0) is 6.54 Å². The summed E-state index contributed by atoms with van der Waals surface area (Å²) in [6, 6.07) is 9.02. The molecular weight excluding hydrogens is 289 g/mol. The van der Waals surface area contributed by atoms with Gasteiger partial charge in [0.15, 0.2) is 0 Å². The number of hydrogen-bond acceptors (Lipinski definition) is 1. The van der Waals surface area contributed by atoms with Crippen LogP contribution in [0, 0.1) is 23.7 Å². The Morgan fingerprint density at radius 3 is 2.80 bits per heavy atom. The Balaban J connectivity index is 0.00000121. The van der Waals surface area contributed by atoms with Crippen molar-refractivity contribution in [2.75, 3.05) is 0 Å². The van der Waals surface area contributed by atoms with Crippen molar-refractivity contribution in [3.63, 3.8) is 0 Å². The molecule has 2 bridgehead atoms. The molecule has 20 heavy (non-hydrogen) atoms. The maximum absolute atomic E-state index is 6.05. The predicted octanol–water partition coefficient (Wildman–Crippen LogP) is 4.68. The first-order valence-electron chi connectivity index (χ1n) is 7.79. The highest BCUT2D eigenvalue weighted by molar-refractivity contribution is 6.30. The third-order valence-corrected chi connectivity index (χ3v) is 6.12. The topological polar surface area (TPSA) is 12.0 Å². The number of halogens is 2. The normalized spacial score (nSPS) is 37.8. The SMILES string of the molecule is Cl.Clc1cccc(CNC2CC3CC2C2CCCC32)c1. The van der Waals surface area contributed by atoms with E-state index < -0.39 is 0 Å². The van der Waals surface area contributed by atoms with E-state index in [1.54, 1.807) is 0 Å². The van der Waals surface area contributed by atoms with Gasteiger partial charge in [-0.25, -0.2) is 0 Å². The van der Waals surface area contributed by atoms with Crippen molar-refractivity contribution in [2.45, 2.75) is 44.7 Å². The minimum atomic E-state index is 0. The van der Waals surface area contributed by atoms with Crippen molar-refractivity contribution in [3.05, 3.63) is 34.9 Å². The third-order valence-electron chi connectivity index (χ3n) is 5.89. The van der Waals surface area contributed by atoms with Crippen LogP contribution in [0.2, 0.25) is 5.02 Å². The van der Waals surface area contributed by atoms with E-state index in [-0.39, 0.29) is 12.4 Å². The smallest absolute Gasteiger partial charge is 0.0409 e. The molecule has 5 atom stereocenters. The minimum absolute atomic E-state index is 0. The standard InChI is InChI=1S/C17H22ClN.ClH/c18-13-4-1-3-11(7-13)10-19-17-9-12-8-16(17)15-6-2-5-14(12)15;/h1,3-4,7,12,14-17,19H,2,5-6,8-10H2;1H. The van der Waals surface area contributed by atoms with E-state index in [1.807, 2.05) is 12.1 Å². The van der Waals surface area contributed by atoms with Gasteiger partial charge in [0.25, 0.3) is 0 Å². The molecule has 0 aliphatic heterocycles. The molecule has 1 aromatic carbocycles. The summed E-state index contributed by atoms with van der Waals surface area (Å²) < 4.78 is 0. The van der Waals surface area contributed by atoms with Gasteiger partial charge in [0, 0.05) is 17.6 Å². The van der Waals surface area contributed by atoms with Crippen molar-refractivity contribution < 1.29 is 0 Å². The van der Waals surface area contributed by atoms with Gasteiger partial charge in [0.1, 0.15) is 0 Å². The lowest BCUT2D eigenvalue weighted by atomic mass is 9.79. The summed E-state index contributed by atoms with van der Waals surface area (Å²) in [6.45, 7) is 0.978. The highest BCUT2D eigenvalue weighted by Gasteiger charge is 2.53. The fraction of sp³-hybridized carbons (Fsp3) is 0.647. The Morgan fingerprint density at radius 1 is 1.10 bits per heavy atom. The molecule has 5 unspecified atom stereocenters. The largest absolute Gasteiger partial charge is 0.310 e. The lowest BCUT2D eigenvalue weighted by Gasteiger charge is -2.32. The van der Waals surface area contributed by atoms with E-state index >= 15 is 0 Å². The lowest BCUT2D eigenvalue weighted by molar-refractivity contribution is 0.208. The summed E-state index contributed by atoms with van der Waals surface area (Å²) >= 11 is 6.05. The fourth-order valence-electron chi connectivity index (χ4n) is 5.20. The average Bonchev–Trinajstić information content (AvgIpc) is 3.08. The minimum Gasteiger partial charge on any atom is -0.310 e. The summed E-state index contributed by atoms with van der Waals surface area (Å²) in [6.07, 6.45) is 7.44. The molecule has 0 aromatic heterocycles. The quantitative estimate of drug-likeness (QED) is 0.855. The summed E-state index contributed by atoms with van der Waals surface area (Å²) in [5.74, 6) is 4.15. The third kappa shape index (κ3) is 2.49. The molecule has 3 saturated carbocycles. The Bertz CT molecular complexity index is 476. The Morgan fingerprint density at radius 2 is 1.95 bits per heavy atom. The zero-order valence-corrected chi connectivity index (χ0v) is 13.3. The van der Waals surface area contributed by atoms with Crippen molar-refractivity contribution in [2.24, 2.45) is 23.7 Å². The highest BCUT2D eigenvalue weighted by Crippen LogP contribution is 2.58. The van der Waals surface area contributed by atoms with E-state index in [0.29, 0.717) is 0 Å². The highest BCUT2D eigenvalue weighted by atomic mass is 35.5. The van der Waals surface area contributed by atoms with Gasteiger partial charge in [-0.1, -0.05) is 30.2 Å². The molecule has 1 N–H and O–H groups in total. The average molecular weight is 312 g/mol. The van der Waals surface area contributed by atoms with Crippen LogP contribution in [0.25, 0.3) is 0 Å². The summed E-state index contributed by atoms with van der Waals surface area (Å²) in [5.41, 5.74) is 1.32. The van der Waals surface area contributed by atoms with Gasteiger partial charge < -0.3 is 5.32 Å². The molecule has 3 fully saturated rings. The van der Waals surface area contributed by atoms with Gasteiger partial charge in [-0.05, 0) is 67.1 Å². The number of rotatable bonds is 3. The number of hydrogen-bond donors (Lipinski definition) is 1. The molecule has 4 rings (SSSR count). The fourth-order valence-corrected chi connectivity index (χ4v) is 5.41. The molecule has 1 nitrogen and oxygen atoms in total. The van der Waals surface area contributed by atoms with Crippen LogP contribution in [0.5, 0.6) is 0 Å². The van der Waals surface area contributed by atoms with Crippen molar-refractivity contribution in [1.82, 2.24) is 5.32 Å². The van der Waals surface area contributed by atoms with Crippen LogP contribution in [0.1, 0.15) is 37.7 Å². The van der Waals surface area contributed by atoms with E-state index in [9.17, 15) is 0 Å². The molecule has 0 spiro atoms. The molecule has 110 valence electrons. The first-order chi connectivity index (χ1) is 9.31. The Hall–Kier alpha value is -0.240. The van der Waals surface area contributed by atoms with Crippen LogP contribution in [0.3, 0.4) is 0 Å². The second kappa shape index (κ2) is 5.87. The first-order valence-corrected chi connectivity index (χ1v) is 8.17. The molecule has 3 heteroatoms. The Kier molecular flexibility index (Phi) is 4.31. The summed E-state index contributed by atoms with van der Waals surface area (Å²) in [7, 11) is 0. The molecule has 0 heterocycles. The summed E-state index contributed by atoms with van der Waals surface area (Å²) in [5, 5.41) is 4.66.